The molecule has 2 N–H and O–H groups in total. The van der Waals surface area contributed by atoms with Gasteiger partial charge in [0, 0.05) is 11.4 Å². The predicted molar refractivity (Wildman–Crippen MR) is 109 cm³/mol. The maximum atomic E-state index is 12.0. The van der Waals surface area contributed by atoms with Gasteiger partial charge in [0.25, 0.3) is 0 Å². The maximum Gasteiger partial charge on any atom is 0.341 e. The van der Waals surface area contributed by atoms with E-state index < -0.39 is 0 Å². The molecule has 0 spiro atoms. The zero-order valence-electron chi connectivity index (χ0n) is 14.8. The average molecular weight is 377 g/mol. The lowest BCUT2D eigenvalue weighted by Gasteiger charge is -2.10. The molecule has 0 aliphatic rings. The number of thiocarbonyl (C=S) groups is 1. The van der Waals surface area contributed by atoms with E-state index in [1.54, 1.807) is 0 Å². The van der Waals surface area contributed by atoms with E-state index in [1.165, 1.54) is 24.0 Å². The minimum absolute atomic E-state index is 0.338. The molecule has 0 aliphatic carbocycles. The van der Waals surface area contributed by atoms with E-state index in [4.69, 9.17) is 17.0 Å². The molecule has 2 aromatic rings. The molecular weight excluding hydrogens is 352 g/mol. The van der Waals surface area contributed by atoms with Gasteiger partial charge in [0.15, 0.2) is 5.11 Å². The molecule has 0 fully saturated rings. The monoisotopic (exact) mass is 376 g/mol. The molecule has 6 heteroatoms. The zero-order chi connectivity index (χ0) is 18.2. The Hall–Kier alpha value is -1.92. The summed E-state index contributed by atoms with van der Waals surface area (Å²) in [6.07, 6.45) is 3.20. The summed E-state index contributed by atoms with van der Waals surface area (Å²) in [4.78, 5) is 13.0. The summed E-state index contributed by atoms with van der Waals surface area (Å²) in [6, 6.07) is 10.5. The van der Waals surface area contributed by atoms with E-state index in [1.807, 2.05) is 19.9 Å². The molecule has 0 bridgehead atoms. The van der Waals surface area contributed by atoms with Gasteiger partial charge in [-0.3, -0.25) is 0 Å². The first-order chi connectivity index (χ1) is 12.0. The van der Waals surface area contributed by atoms with E-state index in [0.29, 0.717) is 10.7 Å². The molecule has 25 heavy (non-hydrogen) atoms. The Morgan fingerprint density at radius 2 is 1.92 bits per heavy atom. The number of esters is 1. The number of ether oxygens (including phenoxy) is 1. The Balaban J connectivity index is 1.79. The van der Waals surface area contributed by atoms with Crippen molar-refractivity contribution >= 4 is 39.6 Å². The van der Waals surface area contributed by atoms with Gasteiger partial charge in [-0.25, -0.2) is 4.79 Å². The van der Waals surface area contributed by atoms with Gasteiger partial charge in [-0.15, -0.1) is 11.3 Å². The van der Waals surface area contributed by atoms with Gasteiger partial charge in [0.2, 0.25) is 0 Å². The van der Waals surface area contributed by atoms with Crippen LogP contribution in [0.2, 0.25) is 0 Å². The molecule has 0 radical (unpaired) electrons. The van der Waals surface area contributed by atoms with Crippen molar-refractivity contribution in [2.75, 3.05) is 19.0 Å². The molecule has 0 aliphatic heterocycles. The van der Waals surface area contributed by atoms with Crippen molar-refractivity contribution in [1.82, 2.24) is 5.32 Å². The van der Waals surface area contributed by atoms with E-state index >= 15 is 0 Å². The lowest BCUT2D eigenvalue weighted by molar-refractivity contribution is 0.0601. The Morgan fingerprint density at radius 1 is 1.20 bits per heavy atom. The number of rotatable bonds is 7. The molecule has 1 heterocycles. The molecule has 0 amide bonds. The molecule has 0 saturated heterocycles. The van der Waals surface area contributed by atoms with Crippen LogP contribution in [0, 0.1) is 13.8 Å². The summed E-state index contributed by atoms with van der Waals surface area (Å²) in [7, 11) is 1.39. The number of anilines is 1. The first-order valence-electron chi connectivity index (χ1n) is 8.30. The minimum Gasteiger partial charge on any atom is -0.465 e. The van der Waals surface area contributed by atoms with Crippen LogP contribution in [-0.2, 0) is 11.2 Å². The average Bonchev–Trinajstić information content (AvgIpc) is 2.88. The summed E-state index contributed by atoms with van der Waals surface area (Å²) in [5.74, 6) is -0.338. The first-order valence-corrected chi connectivity index (χ1v) is 9.52. The number of unbranched alkanes of at least 4 members (excludes halogenated alkanes) is 1. The van der Waals surface area contributed by atoms with Crippen LogP contribution in [0.5, 0.6) is 0 Å². The quantitative estimate of drug-likeness (QED) is 0.424. The summed E-state index contributed by atoms with van der Waals surface area (Å²) < 4.78 is 4.87. The Bertz CT molecular complexity index is 727. The van der Waals surface area contributed by atoms with Gasteiger partial charge in [-0.1, -0.05) is 30.3 Å². The number of aryl methyl sites for hydroxylation is 2. The highest BCUT2D eigenvalue weighted by Crippen LogP contribution is 2.32. The standard InChI is InChI=1S/C19H24N2O2S2/c1-13-14(2)25-17(16(13)18(22)23-3)21-19(24)20-12-8-7-11-15-9-5-4-6-10-15/h4-6,9-10H,7-8,11-12H2,1-3H3,(H2,20,21,24). The number of hydrogen-bond acceptors (Lipinski definition) is 4. The van der Waals surface area contributed by atoms with Gasteiger partial charge >= 0.3 is 5.97 Å². The number of benzene rings is 1. The Labute approximate surface area is 158 Å². The molecule has 0 unspecified atom stereocenters. The van der Waals surface area contributed by atoms with Crippen molar-refractivity contribution in [3.05, 3.63) is 51.9 Å². The van der Waals surface area contributed by atoms with Gasteiger partial charge in [-0.2, -0.15) is 0 Å². The lowest BCUT2D eigenvalue weighted by atomic mass is 10.1. The van der Waals surface area contributed by atoms with Crippen LogP contribution in [0.1, 0.15) is 39.2 Å². The van der Waals surface area contributed by atoms with E-state index in [9.17, 15) is 4.79 Å². The summed E-state index contributed by atoms with van der Waals surface area (Å²) >= 11 is 6.86. The van der Waals surface area contributed by atoms with Gasteiger partial charge in [-0.05, 0) is 56.5 Å². The van der Waals surface area contributed by atoms with Crippen molar-refractivity contribution in [3.8, 4) is 0 Å². The molecule has 1 aromatic carbocycles. The van der Waals surface area contributed by atoms with E-state index in [0.717, 1.165) is 41.2 Å². The van der Waals surface area contributed by atoms with Crippen LogP contribution >= 0.6 is 23.6 Å². The topological polar surface area (TPSA) is 50.4 Å². The molecule has 2 rings (SSSR count). The highest BCUT2D eigenvalue weighted by Gasteiger charge is 2.20. The number of hydrogen-bond donors (Lipinski definition) is 2. The lowest BCUT2D eigenvalue weighted by Crippen LogP contribution is -2.29. The van der Waals surface area contributed by atoms with E-state index in [2.05, 4.69) is 34.9 Å². The number of nitrogens with one attached hydrogen (secondary N) is 2. The third kappa shape index (κ3) is 5.54. The van der Waals surface area contributed by atoms with Crippen LogP contribution in [-0.4, -0.2) is 24.7 Å². The van der Waals surface area contributed by atoms with Crippen molar-refractivity contribution in [2.45, 2.75) is 33.1 Å². The van der Waals surface area contributed by atoms with Crippen LogP contribution in [0.4, 0.5) is 5.00 Å². The smallest absolute Gasteiger partial charge is 0.341 e. The Morgan fingerprint density at radius 3 is 2.60 bits per heavy atom. The highest BCUT2D eigenvalue weighted by atomic mass is 32.1. The first kappa shape index (κ1) is 19.4. The van der Waals surface area contributed by atoms with Crippen molar-refractivity contribution in [3.63, 3.8) is 0 Å². The third-order valence-electron chi connectivity index (χ3n) is 4.02. The van der Waals surface area contributed by atoms with Crippen LogP contribution in [0.25, 0.3) is 0 Å². The van der Waals surface area contributed by atoms with Gasteiger partial charge < -0.3 is 15.4 Å². The third-order valence-corrected chi connectivity index (χ3v) is 5.39. The number of carbonyl (C=O) groups excluding carboxylic acids is 1. The van der Waals surface area contributed by atoms with Crippen LogP contribution in [0.15, 0.2) is 30.3 Å². The SMILES string of the molecule is COC(=O)c1c(NC(=S)NCCCCc2ccccc2)sc(C)c1C. The highest BCUT2D eigenvalue weighted by molar-refractivity contribution is 7.80. The number of carbonyl (C=O) groups is 1. The van der Waals surface area contributed by atoms with Crippen molar-refractivity contribution in [1.29, 1.82) is 0 Å². The fourth-order valence-electron chi connectivity index (χ4n) is 2.51. The Kier molecular flexibility index (Phi) is 7.40. The minimum atomic E-state index is -0.338. The fourth-order valence-corrected chi connectivity index (χ4v) is 3.83. The van der Waals surface area contributed by atoms with Crippen molar-refractivity contribution in [2.24, 2.45) is 0 Å². The van der Waals surface area contributed by atoms with E-state index in [-0.39, 0.29) is 5.97 Å². The number of methoxy groups -OCH3 is 1. The largest absolute Gasteiger partial charge is 0.465 e. The number of thiophene rings is 1. The summed E-state index contributed by atoms with van der Waals surface area (Å²) in [5, 5.41) is 7.61. The second-order valence-electron chi connectivity index (χ2n) is 5.80. The van der Waals surface area contributed by atoms with Gasteiger partial charge in [0.1, 0.15) is 5.00 Å². The molecule has 0 saturated carbocycles. The second kappa shape index (κ2) is 9.53. The second-order valence-corrected chi connectivity index (χ2v) is 7.44. The molecule has 4 nitrogen and oxygen atoms in total. The van der Waals surface area contributed by atoms with Gasteiger partial charge in [0.05, 0.1) is 12.7 Å². The summed E-state index contributed by atoms with van der Waals surface area (Å²) in [5.41, 5.74) is 2.86. The van der Waals surface area contributed by atoms with Crippen LogP contribution in [0.3, 0.4) is 0 Å². The van der Waals surface area contributed by atoms with Crippen molar-refractivity contribution < 1.29 is 9.53 Å². The molecule has 1 aromatic heterocycles. The predicted octanol–water partition coefficient (Wildman–Crippen LogP) is 4.46. The summed E-state index contributed by atoms with van der Waals surface area (Å²) in [6.45, 7) is 4.70. The molecular formula is C19H24N2O2S2. The fraction of sp³-hybridized carbons (Fsp3) is 0.368. The molecule has 0 atom stereocenters. The van der Waals surface area contributed by atoms with Crippen LogP contribution < -0.4 is 10.6 Å². The maximum absolute atomic E-state index is 12.0. The molecule has 134 valence electrons. The zero-order valence-corrected chi connectivity index (χ0v) is 16.5. The normalized spacial score (nSPS) is 10.4.